The Morgan fingerprint density at radius 2 is 1.85 bits per heavy atom. The van der Waals surface area contributed by atoms with Crippen LogP contribution in [0.2, 0.25) is 0 Å². The molecule has 10 nitrogen and oxygen atoms in total. The van der Waals surface area contributed by atoms with Crippen LogP contribution in [0.3, 0.4) is 0 Å². The first-order valence-corrected chi connectivity index (χ1v) is 10.7. The van der Waals surface area contributed by atoms with Gasteiger partial charge in [-0.15, -0.1) is 27.7 Å². The summed E-state index contributed by atoms with van der Waals surface area (Å²) in [6.45, 7) is 1.27. The molecular weight excluding hydrogens is 446 g/mol. The highest BCUT2D eigenvalue weighted by molar-refractivity contribution is 5.89. The van der Waals surface area contributed by atoms with Crippen LogP contribution < -0.4 is 15.8 Å². The van der Waals surface area contributed by atoms with E-state index in [2.05, 4.69) is 25.7 Å². The molecule has 1 N–H and O–H groups in total. The third-order valence-electron chi connectivity index (χ3n) is 6.11. The van der Waals surface area contributed by atoms with Crippen molar-refractivity contribution >= 4 is 30.1 Å². The maximum atomic E-state index is 12.4. The average molecular weight is 470 g/mol. The third kappa shape index (κ3) is 4.80. The number of hydrogen-bond acceptors (Lipinski definition) is 8. The molecule has 1 amide bonds. The molecule has 1 aliphatic heterocycles. The second-order valence-corrected chi connectivity index (χ2v) is 8.23. The number of amides is 1. The van der Waals surface area contributed by atoms with E-state index in [0.717, 1.165) is 32.2 Å². The smallest absolute Gasteiger partial charge is 0.416 e. The van der Waals surface area contributed by atoms with Crippen molar-refractivity contribution in [3.63, 3.8) is 0 Å². The first-order chi connectivity index (χ1) is 15.6. The van der Waals surface area contributed by atoms with Crippen molar-refractivity contribution in [1.29, 1.82) is 0 Å². The molecule has 1 spiro atoms. The van der Waals surface area contributed by atoms with E-state index in [4.69, 9.17) is 4.74 Å². The van der Waals surface area contributed by atoms with Crippen molar-refractivity contribution in [1.82, 2.24) is 25.0 Å². The molecule has 0 unspecified atom stereocenters. The van der Waals surface area contributed by atoms with E-state index < -0.39 is 5.60 Å². The normalized spacial score (nSPS) is 22.0. The Morgan fingerprint density at radius 3 is 2.55 bits per heavy atom. The van der Waals surface area contributed by atoms with Gasteiger partial charge in [0.25, 0.3) is 5.56 Å². The number of pyridine rings is 1. The Bertz CT molecular complexity index is 1150. The molecule has 2 aliphatic rings. The average Bonchev–Trinajstić information content (AvgIpc) is 3.16. The van der Waals surface area contributed by atoms with E-state index in [1.54, 1.807) is 47.6 Å². The van der Waals surface area contributed by atoms with Gasteiger partial charge in [0.05, 0.1) is 6.54 Å². The number of halogens is 1. The van der Waals surface area contributed by atoms with Crippen LogP contribution in [0.1, 0.15) is 25.7 Å². The monoisotopic (exact) mass is 469 g/mol. The quantitative estimate of drug-likeness (QED) is 0.606. The summed E-state index contributed by atoms with van der Waals surface area (Å²) in [4.78, 5) is 25.9. The second kappa shape index (κ2) is 9.53. The van der Waals surface area contributed by atoms with Crippen LogP contribution in [0.15, 0.2) is 59.7 Å². The summed E-state index contributed by atoms with van der Waals surface area (Å²) in [5.41, 5.74) is -0.598. The lowest BCUT2D eigenvalue weighted by molar-refractivity contribution is 0.0148. The van der Waals surface area contributed by atoms with E-state index in [1.807, 2.05) is 6.07 Å². The Labute approximate surface area is 196 Å². The Balaban J connectivity index is 0.00000259. The topological polar surface area (TPSA) is 115 Å². The first kappa shape index (κ1) is 22.7. The molecule has 33 heavy (non-hydrogen) atoms. The fourth-order valence-electron chi connectivity index (χ4n) is 4.32. The number of nitrogens with one attached hydrogen (secondary N) is 1. The summed E-state index contributed by atoms with van der Waals surface area (Å²) in [6, 6.07) is 12.1. The van der Waals surface area contributed by atoms with Crippen LogP contribution in [-0.4, -0.2) is 49.7 Å². The number of hydrogen-bond donors (Lipinski definition) is 1. The molecule has 0 radical (unpaired) electrons. The number of carbonyl (C=O) groups is 1. The van der Waals surface area contributed by atoms with Gasteiger partial charge >= 0.3 is 6.09 Å². The van der Waals surface area contributed by atoms with Crippen LogP contribution in [0, 0.1) is 5.92 Å². The summed E-state index contributed by atoms with van der Waals surface area (Å²) < 4.78 is 7.23. The second-order valence-electron chi connectivity index (χ2n) is 8.23. The summed E-state index contributed by atoms with van der Waals surface area (Å²) >= 11 is 0. The number of aromatic nitrogens is 5. The zero-order valence-corrected chi connectivity index (χ0v) is 18.6. The van der Waals surface area contributed by atoms with Crippen molar-refractivity contribution in [2.45, 2.75) is 31.3 Å². The molecule has 3 aromatic rings. The van der Waals surface area contributed by atoms with Gasteiger partial charge in [-0.05, 0) is 61.9 Å². The van der Waals surface area contributed by atoms with E-state index in [9.17, 15) is 9.59 Å². The molecule has 172 valence electrons. The summed E-state index contributed by atoms with van der Waals surface area (Å²) in [6.07, 6.45) is 6.40. The highest BCUT2D eigenvalue weighted by atomic mass is 35.5. The van der Waals surface area contributed by atoms with Crippen molar-refractivity contribution in [2.75, 3.05) is 23.3 Å². The minimum Gasteiger partial charge on any atom is -0.441 e. The summed E-state index contributed by atoms with van der Waals surface area (Å²) in [5.74, 6) is 2.12. The van der Waals surface area contributed by atoms with Gasteiger partial charge in [0.1, 0.15) is 11.4 Å². The van der Waals surface area contributed by atoms with Gasteiger partial charge in [0, 0.05) is 25.0 Å². The molecule has 3 aromatic heterocycles. The molecule has 1 saturated carbocycles. The Morgan fingerprint density at radius 1 is 1.00 bits per heavy atom. The third-order valence-corrected chi connectivity index (χ3v) is 6.11. The Kier molecular flexibility index (Phi) is 6.55. The molecule has 0 bridgehead atoms. The number of carbonyl (C=O) groups excluding carboxylic acids is 1. The predicted molar refractivity (Wildman–Crippen MR) is 124 cm³/mol. The zero-order valence-electron chi connectivity index (χ0n) is 17.8. The van der Waals surface area contributed by atoms with Gasteiger partial charge in [-0.3, -0.25) is 14.3 Å². The number of anilines is 2. The maximum absolute atomic E-state index is 12.4. The molecule has 4 heterocycles. The van der Waals surface area contributed by atoms with Gasteiger partial charge in [-0.25, -0.2) is 4.79 Å². The van der Waals surface area contributed by atoms with Gasteiger partial charge in [0.15, 0.2) is 11.6 Å². The fourth-order valence-corrected chi connectivity index (χ4v) is 4.32. The van der Waals surface area contributed by atoms with Crippen molar-refractivity contribution < 1.29 is 9.53 Å². The summed E-state index contributed by atoms with van der Waals surface area (Å²) in [7, 11) is 0. The molecule has 1 saturated heterocycles. The molecule has 11 heteroatoms. The van der Waals surface area contributed by atoms with E-state index in [1.165, 1.54) is 10.6 Å². The van der Waals surface area contributed by atoms with Crippen LogP contribution in [-0.2, 0) is 4.74 Å². The van der Waals surface area contributed by atoms with Gasteiger partial charge < -0.3 is 10.1 Å². The maximum Gasteiger partial charge on any atom is 0.416 e. The van der Waals surface area contributed by atoms with Crippen LogP contribution in [0.4, 0.5) is 16.4 Å². The largest absolute Gasteiger partial charge is 0.441 e. The van der Waals surface area contributed by atoms with Crippen molar-refractivity contribution in [3.8, 4) is 5.82 Å². The lowest BCUT2D eigenvalue weighted by atomic mass is 9.78. The minimum absolute atomic E-state index is 0. The molecule has 5 rings (SSSR count). The van der Waals surface area contributed by atoms with Crippen LogP contribution >= 0.6 is 12.4 Å². The van der Waals surface area contributed by atoms with E-state index >= 15 is 0 Å². The lowest BCUT2D eigenvalue weighted by Crippen LogP contribution is -2.39. The fraction of sp³-hybridized carbons (Fsp3) is 0.364. The van der Waals surface area contributed by atoms with Gasteiger partial charge in [-0.2, -0.15) is 5.10 Å². The molecule has 1 aliphatic carbocycles. The molecular formula is C22H24ClN7O3. The molecule has 2 fully saturated rings. The molecule has 0 aromatic carbocycles. The van der Waals surface area contributed by atoms with Crippen molar-refractivity contribution in [2.24, 2.45) is 5.92 Å². The number of ether oxygens (including phenoxy) is 1. The standard InChI is InChI=1S/C22H23N7O3.ClH/c30-20-5-1-2-13-28(20)19-7-6-17(25-27-19)23-14-16-8-10-22(11-9-16)15-29(21(31)32-22)18-4-3-12-24-26-18;/h1-7,12-13,16H,8-11,14-15H2,(H,23,25);1H. The highest BCUT2D eigenvalue weighted by Gasteiger charge is 2.48. The van der Waals surface area contributed by atoms with E-state index in [-0.39, 0.29) is 24.1 Å². The van der Waals surface area contributed by atoms with E-state index in [0.29, 0.717) is 29.9 Å². The van der Waals surface area contributed by atoms with Crippen LogP contribution in [0.5, 0.6) is 0 Å². The SMILES string of the molecule is Cl.O=C1OC2(CCC(CNc3ccc(-n4ccccc4=O)nn3)CC2)CN1c1cccnn1. The van der Waals surface area contributed by atoms with Gasteiger partial charge in [0.2, 0.25) is 0 Å². The molecule has 0 atom stereocenters. The summed E-state index contributed by atoms with van der Waals surface area (Å²) in [5, 5.41) is 19.6. The first-order valence-electron chi connectivity index (χ1n) is 10.7. The van der Waals surface area contributed by atoms with Gasteiger partial charge in [-0.1, -0.05) is 6.07 Å². The van der Waals surface area contributed by atoms with Crippen molar-refractivity contribution in [3.05, 3.63) is 65.2 Å². The number of rotatable bonds is 5. The zero-order chi connectivity index (χ0) is 22.0. The minimum atomic E-state index is -0.449. The highest BCUT2D eigenvalue weighted by Crippen LogP contribution is 2.40. The predicted octanol–water partition coefficient (Wildman–Crippen LogP) is 2.84. The number of nitrogens with zero attached hydrogens (tertiary/aromatic N) is 6. The Hall–Kier alpha value is -3.53. The van der Waals surface area contributed by atoms with Crippen LogP contribution in [0.25, 0.3) is 5.82 Å². The lowest BCUT2D eigenvalue weighted by Gasteiger charge is -2.35.